The number of carbonyl (C=O) groups excluding carboxylic acids is 1. The molecule has 1 aliphatic carbocycles. The van der Waals surface area contributed by atoms with Gasteiger partial charge in [0.1, 0.15) is 6.10 Å². The van der Waals surface area contributed by atoms with Crippen molar-refractivity contribution in [3.05, 3.63) is 53.4 Å². The molecular weight excluding hydrogens is 382 g/mol. The number of aryl methyl sites for hydroxylation is 1. The Hall–Kier alpha value is -2.58. The van der Waals surface area contributed by atoms with Gasteiger partial charge in [0.25, 0.3) is 5.91 Å². The summed E-state index contributed by atoms with van der Waals surface area (Å²) in [4.78, 5) is 16.3. The molecule has 0 radical (unpaired) electrons. The molecule has 1 saturated heterocycles. The molecule has 156 valence electrons. The lowest BCUT2D eigenvalue weighted by Crippen LogP contribution is -2.27. The molecule has 2 aromatic rings. The number of nitrogens with one attached hydrogen (secondary N) is 1. The number of hydrogen-bond acceptors (Lipinski definition) is 5. The molecule has 8 heteroatoms. The van der Waals surface area contributed by atoms with Gasteiger partial charge in [0.2, 0.25) is 5.82 Å². The van der Waals surface area contributed by atoms with Crippen LogP contribution in [-0.2, 0) is 16.0 Å². The summed E-state index contributed by atoms with van der Waals surface area (Å²) in [6, 6.07) is 5.60. The lowest BCUT2D eigenvalue weighted by atomic mass is 10.1. The van der Waals surface area contributed by atoms with E-state index in [0.29, 0.717) is 12.1 Å². The number of nitrogens with zero attached hydrogens (tertiary/aromatic N) is 1. The highest BCUT2D eigenvalue weighted by atomic mass is 19.2. The number of aliphatic hydroxyl groups is 1. The Labute approximate surface area is 167 Å². The van der Waals surface area contributed by atoms with Gasteiger partial charge >= 0.3 is 0 Å². The van der Waals surface area contributed by atoms with Crippen LogP contribution in [0.25, 0.3) is 0 Å². The predicted molar refractivity (Wildman–Crippen MR) is 103 cm³/mol. The lowest BCUT2D eigenvalue weighted by Gasteiger charge is -2.12. The van der Waals surface area contributed by atoms with E-state index >= 15 is 0 Å². The van der Waals surface area contributed by atoms with Gasteiger partial charge in [0, 0.05) is 11.3 Å². The van der Waals surface area contributed by atoms with Gasteiger partial charge in [-0.3, -0.25) is 9.78 Å². The zero-order valence-electron chi connectivity index (χ0n) is 16.3. The first kappa shape index (κ1) is 21.1. The number of aromatic nitrogens is 1. The van der Waals surface area contributed by atoms with Gasteiger partial charge in [-0.1, -0.05) is 6.07 Å². The molecule has 1 amide bonds. The average molecular weight is 406 g/mol. The van der Waals surface area contributed by atoms with Crippen molar-refractivity contribution in [1.82, 2.24) is 4.98 Å². The van der Waals surface area contributed by atoms with Crippen molar-refractivity contribution in [2.24, 2.45) is 0 Å². The Bertz CT molecular complexity index is 878. The fraction of sp³-hybridized carbons (Fsp3) is 0.429. The second-order valence-corrected chi connectivity index (χ2v) is 7.07. The van der Waals surface area contributed by atoms with Crippen LogP contribution in [0.2, 0.25) is 0 Å². The Morgan fingerprint density at radius 1 is 1.31 bits per heavy atom. The Morgan fingerprint density at radius 2 is 2.10 bits per heavy atom. The molecule has 2 heterocycles. The molecule has 2 aliphatic rings. The van der Waals surface area contributed by atoms with Crippen LogP contribution in [0.4, 0.5) is 14.5 Å². The van der Waals surface area contributed by atoms with Crippen LogP contribution in [0.5, 0.6) is 5.75 Å². The standard InChI is InChI=1S/C14H18N2O3.C7H6F2O/c1-8-2-5-13(19-8)14(18)16-9-6-10-11(15-7-9)3-4-12(10)17;1-10-6-4-2-3-5(8)7(6)9/h6-8,12-13,17H,2-5H2,1H3,(H,16,18);2-4H,1H3. The van der Waals surface area contributed by atoms with Crippen LogP contribution in [0, 0.1) is 11.6 Å². The largest absolute Gasteiger partial charge is 0.494 e. The minimum Gasteiger partial charge on any atom is -0.494 e. The number of ether oxygens (including phenoxy) is 2. The number of aliphatic hydroxyl groups excluding tert-OH is 1. The van der Waals surface area contributed by atoms with Crippen molar-refractivity contribution >= 4 is 11.6 Å². The smallest absolute Gasteiger partial charge is 0.253 e. The van der Waals surface area contributed by atoms with E-state index in [2.05, 4.69) is 15.0 Å². The molecule has 6 nitrogen and oxygen atoms in total. The molecule has 0 saturated carbocycles. The van der Waals surface area contributed by atoms with Gasteiger partial charge < -0.3 is 19.9 Å². The van der Waals surface area contributed by atoms with E-state index in [4.69, 9.17) is 4.74 Å². The molecule has 0 spiro atoms. The van der Waals surface area contributed by atoms with Crippen LogP contribution < -0.4 is 10.1 Å². The van der Waals surface area contributed by atoms with E-state index in [0.717, 1.165) is 36.6 Å². The summed E-state index contributed by atoms with van der Waals surface area (Å²) in [5.74, 6) is -2.03. The van der Waals surface area contributed by atoms with Crippen molar-refractivity contribution < 1.29 is 28.2 Å². The molecule has 3 atom stereocenters. The molecule has 1 aromatic carbocycles. The van der Waals surface area contributed by atoms with E-state index in [-0.39, 0.29) is 23.9 Å². The molecule has 1 aromatic heterocycles. The van der Waals surface area contributed by atoms with E-state index in [1.807, 2.05) is 13.0 Å². The Morgan fingerprint density at radius 3 is 2.76 bits per heavy atom. The molecule has 1 fully saturated rings. The molecule has 2 N–H and O–H groups in total. The maximum Gasteiger partial charge on any atom is 0.253 e. The summed E-state index contributed by atoms with van der Waals surface area (Å²) < 4.78 is 34.9. The third-order valence-electron chi connectivity index (χ3n) is 4.95. The van der Waals surface area contributed by atoms with Crippen molar-refractivity contribution in [2.75, 3.05) is 12.4 Å². The first-order valence-corrected chi connectivity index (χ1v) is 9.50. The fourth-order valence-electron chi connectivity index (χ4n) is 3.36. The lowest BCUT2D eigenvalue weighted by molar-refractivity contribution is -0.126. The van der Waals surface area contributed by atoms with Crippen LogP contribution in [0.3, 0.4) is 0 Å². The van der Waals surface area contributed by atoms with Crippen molar-refractivity contribution in [3.8, 4) is 5.75 Å². The maximum absolute atomic E-state index is 12.5. The third kappa shape index (κ3) is 5.07. The maximum atomic E-state index is 12.5. The predicted octanol–water partition coefficient (Wildman–Crippen LogP) is 3.54. The quantitative estimate of drug-likeness (QED) is 0.815. The minimum atomic E-state index is -0.940. The third-order valence-corrected chi connectivity index (χ3v) is 4.95. The average Bonchev–Trinajstić information content (AvgIpc) is 3.31. The normalized spacial score (nSPS) is 22.4. The zero-order chi connectivity index (χ0) is 21.0. The van der Waals surface area contributed by atoms with E-state index < -0.39 is 17.7 Å². The van der Waals surface area contributed by atoms with Crippen molar-refractivity contribution in [2.45, 2.75) is 50.9 Å². The SMILES string of the molecule is CC1CCC(C(=O)Nc2cnc3c(c2)C(O)CC3)O1.COc1cccc(F)c1F. The van der Waals surface area contributed by atoms with Crippen LogP contribution >= 0.6 is 0 Å². The molecule has 3 unspecified atom stereocenters. The van der Waals surface area contributed by atoms with Gasteiger partial charge in [0.05, 0.1) is 31.2 Å². The number of rotatable bonds is 3. The highest BCUT2D eigenvalue weighted by Crippen LogP contribution is 2.31. The highest BCUT2D eigenvalue weighted by molar-refractivity contribution is 5.94. The summed E-state index contributed by atoms with van der Waals surface area (Å²) >= 11 is 0. The van der Waals surface area contributed by atoms with Gasteiger partial charge in [-0.2, -0.15) is 4.39 Å². The van der Waals surface area contributed by atoms with E-state index in [1.54, 1.807) is 6.20 Å². The number of halogens is 2. The molecule has 1 aliphatic heterocycles. The number of amides is 1. The van der Waals surface area contributed by atoms with Gasteiger partial charge in [-0.05, 0) is 50.8 Å². The second-order valence-electron chi connectivity index (χ2n) is 7.07. The first-order valence-electron chi connectivity index (χ1n) is 9.50. The number of pyridine rings is 1. The summed E-state index contributed by atoms with van der Waals surface area (Å²) in [7, 11) is 1.29. The van der Waals surface area contributed by atoms with Crippen LogP contribution in [-0.4, -0.2) is 35.3 Å². The van der Waals surface area contributed by atoms with Gasteiger partial charge in [0.15, 0.2) is 11.6 Å². The first-order chi connectivity index (χ1) is 13.9. The van der Waals surface area contributed by atoms with Crippen LogP contribution in [0.15, 0.2) is 30.5 Å². The molecular formula is C21H24F2N2O4. The fourth-order valence-corrected chi connectivity index (χ4v) is 3.36. The van der Waals surface area contributed by atoms with E-state index in [9.17, 15) is 18.7 Å². The monoisotopic (exact) mass is 406 g/mol. The topological polar surface area (TPSA) is 80.7 Å². The van der Waals surface area contributed by atoms with Gasteiger partial charge in [-0.25, -0.2) is 4.39 Å². The summed E-state index contributed by atoms with van der Waals surface area (Å²) in [5.41, 5.74) is 2.39. The van der Waals surface area contributed by atoms with Crippen LogP contribution in [0.1, 0.15) is 43.5 Å². The summed E-state index contributed by atoms with van der Waals surface area (Å²) in [6.07, 6.45) is 4.16. The number of benzene rings is 1. The summed E-state index contributed by atoms with van der Waals surface area (Å²) in [6.45, 7) is 1.97. The molecule has 29 heavy (non-hydrogen) atoms. The number of methoxy groups -OCH3 is 1. The van der Waals surface area contributed by atoms with E-state index in [1.165, 1.54) is 19.2 Å². The second kappa shape index (κ2) is 9.28. The Kier molecular flexibility index (Phi) is 6.76. The van der Waals surface area contributed by atoms with Crippen molar-refractivity contribution in [3.63, 3.8) is 0 Å². The minimum absolute atomic E-state index is 0.0694. The zero-order valence-corrected chi connectivity index (χ0v) is 16.3. The Balaban J connectivity index is 0.000000204. The number of hydrogen-bond donors (Lipinski definition) is 2. The number of anilines is 1. The number of fused-ring (bicyclic) bond motifs is 1. The van der Waals surface area contributed by atoms with Crippen molar-refractivity contribution in [1.29, 1.82) is 0 Å². The number of carbonyl (C=O) groups is 1. The highest BCUT2D eigenvalue weighted by Gasteiger charge is 2.29. The molecule has 0 bridgehead atoms. The van der Waals surface area contributed by atoms with Gasteiger partial charge in [-0.15, -0.1) is 0 Å². The molecule has 4 rings (SSSR count). The summed E-state index contributed by atoms with van der Waals surface area (Å²) in [5, 5.41) is 12.6.